The smallest absolute Gasteiger partial charge is 0.306 e. The van der Waals surface area contributed by atoms with E-state index in [0.717, 1.165) is 57.8 Å². The van der Waals surface area contributed by atoms with Crippen molar-refractivity contribution in [3.05, 3.63) is 60.8 Å². The number of hydrogen-bond donors (Lipinski definition) is 1. The molecule has 5 heteroatoms. The van der Waals surface area contributed by atoms with Gasteiger partial charge in [0.2, 0.25) is 0 Å². The van der Waals surface area contributed by atoms with Gasteiger partial charge in [-0.3, -0.25) is 9.59 Å². The third-order valence-electron chi connectivity index (χ3n) is 8.33. The van der Waals surface area contributed by atoms with Crippen molar-refractivity contribution in [1.82, 2.24) is 0 Å². The molecule has 48 heavy (non-hydrogen) atoms. The van der Waals surface area contributed by atoms with Gasteiger partial charge in [-0.15, -0.1) is 0 Å². The van der Waals surface area contributed by atoms with Crippen molar-refractivity contribution in [2.75, 3.05) is 13.2 Å². The molecule has 0 saturated carbocycles. The summed E-state index contributed by atoms with van der Waals surface area (Å²) in [6, 6.07) is 0. The van der Waals surface area contributed by atoms with Crippen molar-refractivity contribution in [3.63, 3.8) is 0 Å². The average Bonchev–Trinajstić information content (AvgIpc) is 3.09. The van der Waals surface area contributed by atoms with Crippen LogP contribution in [-0.4, -0.2) is 36.4 Å². The van der Waals surface area contributed by atoms with Crippen molar-refractivity contribution < 1.29 is 24.2 Å². The molecule has 0 aliphatic heterocycles. The number of ether oxygens (including phenoxy) is 2. The van der Waals surface area contributed by atoms with E-state index in [2.05, 4.69) is 74.6 Å². The first kappa shape index (κ1) is 45.6. The molecular formula is C43H74O5. The molecule has 1 N–H and O–H groups in total. The summed E-state index contributed by atoms with van der Waals surface area (Å²) < 4.78 is 10.6. The molecule has 0 fully saturated rings. The Kier molecular flexibility index (Phi) is 37.1. The van der Waals surface area contributed by atoms with Crippen LogP contribution >= 0.6 is 0 Å². The molecule has 5 nitrogen and oxygen atoms in total. The lowest BCUT2D eigenvalue weighted by atomic mass is 10.0. The molecule has 0 aromatic carbocycles. The molecule has 0 spiro atoms. The van der Waals surface area contributed by atoms with Crippen LogP contribution in [0, 0.1) is 0 Å². The zero-order valence-electron chi connectivity index (χ0n) is 31.2. The highest BCUT2D eigenvalue weighted by atomic mass is 16.6. The van der Waals surface area contributed by atoms with Gasteiger partial charge in [-0.1, -0.05) is 177 Å². The van der Waals surface area contributed by atoms with E-state index in [1.165, 1.54) is 89.9 Å². The van der Waals surface area contributed by atoms with Crippen molar-refractivity contribution in [3.8, 4) is 0 Å². The number of hydrogen-bond acceptors (Lipinski definition) is 5. The highest BCUT2D eigenvalue weighted by Crippen LogP contribution is 2.14. The van der Waals surface area contributed by atoms with E-state index in [0.29, 0.717) is 12.8 Å². The summed E-state index contributed by atoms with van der Waals surface area (Å²) in [6.45, 7) is 3.98. The van der Waals surface area contributed by atoms with Crippen LogP contribution in [0.3, 0.4) is 0 Å². The van der Waals surface area contributed by atoms with E-state index in [-0.39, 0.29) is 31.6 Å². The fourth-order valence-electron chi connectivity index (χ4n) is 5.35. The Balaban J connectivity index is 3.64. The molecule has 0 bridgehead atoms. The fraction of sp³-hybridized carbons (Fsp3) is 0.721. The molecule has 0 rings (SSSR count). The summed E-state index contributed by atoms with van der Waals surface area (Å²) >= 11 is 0. The van der Waals surface area contributed by atoms with Crippen LogP contribution in [0.4, 0.5) is 0 Å². The predicted molar refractivity (Wildman–Crippen MR) is 205 cm³/mol. The number of allylic oxidation sites excluding steroid dienone is 10. The van der Waals surface area contributed by atoms with E-state index in [1.54, 1.807) is 0 Å². The summed E-state index contributed by atoms with van der Waals surface area (Å²) in [5, 5.41) is 9.54. The maximum absolute atomic E-state index is 12.1. The van der Waals surface area contributed by atoms with Gasteiger partial charge in [0, 0.05) is 12.8 Å². The molecule has 276 valence electrons. The second-order valence-electron chi connectivity index (χ2n) is 13.0. The van der Waals surface area contributed by atoms with Gasteiger partial charge in [0.05, 0.1) is 6.61 Å². The number of aliphatic hydroxyl groups excluding tert-OH is 1. The minimum Gasteiger partial charge on any atom is -0.462 e. The number of carbonyl (C=O) groups excluding carboxylic acids is 2. The summed E-state index contributed by atoms with van der Waals surface area (Å²) in [6.07, 6.45) is 50.0. The van der Waals surface area contributed by atoms with Gasteiger partial charge in [0.15, 0.2) is 6.10 Å². The van der Waals surface area contributed by atoms with Crippen LogP contribution in [0.15, 0.2) is 60.8 Å². The molecule has 0 radical (unpaired) electrons. The molecule has 0 aromatic rings. The first-order valence-corrected chi connectivity index (χ1v) is 19.8. The molecule has 0 aromatic heterocycles. The number of carbonyl (C=O) groups is 2. The SMILES string of the molecule is CC/C=C/C/C=C/C/C=C/C/C=C/C/C=C/CCCC(=O)O[C@@H](CO)COC(=O)CCCCCCCCCCCCCCCCCCC. The zero-order valence-corrected chi connectivity index (χ0v) is 31.2. The van der Waals surface area contributed by atoms with Gasteiger partial charge < -0.3 is 14.6 Å². The number of rotatable bonds is 35. The van der Waals surface area contributed by atoms with Gasteiger partial charge in [-0.05, 0) is 51.4 Å². The van der Waals surface area contributed by atoms with Gasteiger partial charge >= 0.3 is 11.9 Å². The molecule has 0 unspecified atom stereocenters. The summed E-state index contributed by atoms with van der Waals surface area (Å²) in [7, 11) is 0. The molecule has 0 amide bonds. The van der Waals surface area contributed by atoms with Crippen molar-refractivity contribution in [1.29, 1.82) is 0 Å². The molecule has 0 heterocycles. The van der Waals surface area contributed by atoms with Gasteiger partial charge in [-0.25, -0.2) is 0 Å². The van der Waals surface area contributed by atoms with E-state index >= 15 is 0 Å². The Labute approximate surface area is 296 Å². The highest BCUT2D eigenvalue weighted by molar-refractivity contribution is 5.70. The summed E-state index contributed by atoms with van der Waals surface area (Å²) in [4.78, 5) is 24.2. The first-order valence-electron chi connectivity index (χ1n) is 19.8. The number of esters is 2. The lowest BCUT2D eigenvalue weighted by Crippen LogP contribution is -2.28. The van der Waals surface area contributed by atoms with Gasteiger partial charge in [0.1, 0.15) is 6.61 Å². The molecule has 0 aliphatic carbocycles. The van der Waals surface area contributed by atoms with Crippen molar-refractivity contribution in [2.45, 2.75) is 187 Å². The average molecular weight is 671 g/mol. The maximum Gasteiger partial charge on any atom is 0.306 e. The minimum atomic E-state index is -0.800. The van der Waals surface area contributed by atoms with Crippen LogP contribution in [0.2, 0.25) is 0 Å². The molecule has 0 aliphatic rings. The number of unbranched alkanes of at least 4 members (excludes halogenated alkanes) is 17. The van der Waals surface area contributed by atoms with Crippen LogP contribution in [-0.2, 0) is 19.1 Å². The topological polar surface area (TPSA) is 72.8 Å². The second-order valence-corrected chi connectivity index (χ2v) is 13.0. The Morgan fingerprint density at radius 2 is 0.896 bits per heavy atom. The standard InChI is InChI=1S/C43H74O5/c1-3-5-7-9-11-13-15-17-19-21-23-25-27-29-31-33-35-37-42(45)47-40-41(39-44)48-43(46)38-36-34-32-30-28-26-24-22-20-18-16-14-12-10-8-6-4-2/h6,8,12,14,18,20,24,26,30,32,41,44H,3-5,7,9-11,13,15-17,19,21-23,25,27-29,31,33-40H2,1-2H3/b8-6+,14-12+,20-18+,26-24+,32-30+/t41-/m0/s1. The molecule has 0 saturated heterocycles. The fourth-order valence-corrected chi connectivity index (χ4v) is 5.35. The monoisotopic (exact) mass is 671 g/mol. The van der Waals surface area contributed by atoms with Gasteiger partial charge in [0.25, 0.3) is 0 Å². The molecule has 1 atom stereocenters. The van der Waals surface area contributed by atoms with Crippen LogP contribution in [0.1, 0.15) is 181 Å². The number of aliphatic hydroxyl groups is 1. The minimum absolute atomic E-state index is 0.0885. The van der Waals surface area contributed by atoms with E-state index in [4.69, 9.17) is 9.47 Å². The highest BCUT2D eigenvalue weighted by Gasteiger charge is 2.15. The summed E-state index contributed by atoms with van der Waals surface area (Å²) in [5.41, 5.74) is 0. The first-order chi connectivity index (χ1) is 23.6. The normalized spacial score (nSPS) is 12.8. The predicted octanol–water partition coefficient (Wildman–Crippen LogP) is 12.4. The van der Waals surface area contributed by atoms with Crippen LogP contribution in [0.5, 0.6) is 0 Å². The summed E-state index contributed by atoms with van der Waals surface area (Å²) in [5.74, 6) is -0.658. The lowest BCUT2D eigenvalue weighted by Gasteiger charge is -2.15. The largest absolute Gasteiger partial charge is 0.462 e. The van der Waals surface area contributed by atoms with E-state index in [1.807, 2.05) is 0 Å². The third-order valence-corrected chi connectivity index (χ3v) is 8.33. The molecular weight excluding hydrogens is 596 g/mol. The Morgan fingerprint density at radius 3 is 1.33 bits per heavy atom. The van der Waals surface area contributed by atoms with E-state index < -0.39 is 6.10 Å². The lowest BCUT2D eigenvalue weighted by molar-refractivity contribution is -0.161. The maximum atomic E-state index is 12.1. The van der Waals surface area contributed by atoms with Crippen molar-refractivity contribution >= 4 is 11.9 Å². The third kappa shape index (κ3) is 36.4. The van der Waals surface area contributed by atoms with Crippen LogP contribution in [0.25, 0.3) is 0 Å². The second kappa shape index (κ2) is 39.0. The van der Waals surface area contributed by atoms with E-state index in [9.17, 15) is 14.7 Å². The zero-order chi connectivity index (χ0) is 35.0. The van der Waals surface area contributed by atoms with Crippen molar-refractivity contribution in [2.24, 2.45) is 0 Å². The Hall–Kier alpha value is -2.40. The van der Waals surface area contributed by atoms with Crippen LogP contribution < -0.4 is 0 Å². The van der Waals surface area contributed by atoms with Gasteiger partial charge in [-0.2, -0.15) is 0 Å². The quantitative estimate of drug-likeness (QED) is 0.0413. The Morgan fingerprint density at radius 1 is 0.500 bits per heavy atom. The Bertz CT molecular complexity index is 853.